The van der Waals surface area contributed by atoms with E-state index in [0.29, 0.717) is 12.8 Å². The second-order valence-corrected chi connectivity index (χ2v) is 14.7. The van der Waals surface area contributed by atoms with Gasteiger partial charge in [0, 0.05) is 0 Å². The molecule has 8 heteroatoms. The normalized spacial score (nSPS) is 13.1. The number of hydrogen-bond donors (Lipinski definition) is 0. The van der Waals surface area contributed by atoms with Crippen molar-refractivity contribution in [2.24, 2.45) is 17.3 Å². The van der Waals surface area contributed by atoms with Gasteiger partial charge in [-0.15, -0.1) is 0 Å². The summed E-state index contributed by atoms with van der Waals surface area (Å²) < 4.78 is 22.9. The molecule has 0 amide bonds. The molecule has 0 aliphatic rings. The van der Waals surface area contributed by atoms with Gasteiger partial charge in [-0.1, -0.05) is 185 Å². The average molecular weight is 757 g/mol. The summed E-state index contributed by atoms with van der Waals surface area (Å²) in [6.45, 7) is 12.8. The van der Waals surface area contributed by atoms with Crippen LogP contribution in [0.1, 0.15) is 223 Å². The molecule has 0 bridgehead atoms. The van der Waals surface area contributed by atoms with Gasteiger partial charge in [-0.2, -0.15) is 0 Å². The molecule has 316 valence electrons. The summed E-state index contributed by atoms with van der Waals surface area (Å²) in [6.07, 6.45) is 25.1. The molecule has 0 heterocycles. The molecule has 0 fully saturated rings. The number of carbonyl (C=O) groups excluding carboxylic acids is 4. The lowest BCUT2D eigenvalue weighted by atomic mass is 9.65. The van der Waals surface area contributed by atoms with Crippen LogP contribution in [0.2, 0.25) is 0 Å². The first-order chi connectivity index (χ1) is 24.7. The Kier molecular flexibility index (Phi) is 39.8. The molecule has 0 aliphatic heterocycles. The zero-order valence-corrected chi connectivity index (χ0v) is 34.1. The lowest BCUT2D eigenvalue weighted by molar-refractivity contribution is -0.182. The van der Waals surface area contributed by atoms with E-state index in [1.54, 1.807) is 13.8 Å². The average Bonchev–Trinajstić information content (AvgIpc) is 3.12. The van der Waals surface area contributed by atoms with Gasteiger partial charge in [-0.25, -0.2) is 0 Å². The monoisotopic (exact) mass is 757 g/mol. The molecule has 53 heavy (non-hydrogen) atoms. The van der Waals surface area contributed by atoms with Crippen LogP contribution in [-0.2, 0) is 38.1 Å². The highest BCUT2D eigenvalue weighted by Gasteiger charge is 2.55. The zero-order valence-electron chi connectivity index (χ0n) is 34.1. The molecular formula is C45H88O8. The predicted octanol–water partition coefficient (Wildman–Crippen LogP) is 12.9. The summed E-state index contributed by atoms with van der Waals surface area (Å²) in [5.74, 6) is -4.72. The topological polar surface area (TPSA) is 105 Å². The van der Waals surface area contributed by atoms with Gasteiger partial charge in [0.2, 0.25) is 0 Å². The molecule has 0 N–H and O–H groups in total. The van der Waals surface area contributed by atoms with E-state index in [1.165, 1.54) is 64.2 Å². The van der Waals surface area contributed by atoms with Crippen LogP contribution in [0.3, 0.4) is 0 Å². The Morgan fingerprint density at radius 2 is 0.755 bits per heavy atom. The van der Waals surface area contributed by atoms with Crippen molar-refractivity contribution in [1.82, 2.24) is 0 Å². The Morgan fingerprint density at radius 3 is 1.19 bits per heavy atom. The minimum absolute atomic E-state index is 0. The van der Waals surface area contributed by atoms with Crippen LogP contribution in [0.4, 0.5) is 0 Å². The van der Waals surface area contributed by atoms with Crippen molar-refractivity contribution in [1.29, 1.82) is 0 Å². The third kappa shape index (κ3) is 26.3. The lowest BCUT2D eigenvalue weighted by Crippen LogP contribution is -2.50. The molecular weight excluding hydrogens is 668 g/mol. The van der Waals surface area contributed by atoms with Gasteiger partial charge in [0.1, 0.15) is 0 Å². The molecule has 0 aromatic heterocycles. The van der Waals surface area contributed by atoms with E-state index in [1.807, 2.05) is 0 Å². The molecule has 0 aromatic rings. The maximum absolute atomic E-state index is 14.2. The van der Waals surface area contributed by atoms with Crippen LogP contribution in [0.15, 0.2) is 0 Å². The number of esters is 4. The van der Waals surface area contributed by atoms with Gasteiger partial charge in [0.15, 0.2) is 0 Å². The molecule has 0 rings (SSSR count). The van der Waals surface area contributed by atoms with Crippen LogP contribution in [-0.4, -0.2) is 50.3 Å². The van der Waals surface area contributed by atoms with Crippen molar-refractivity contribution in [2.45, 2.75) is 223 Å². The summed E-state index contributed by atoms with van der Waals surface area (Å²) in [7, 11) is 0. The van der Waals surface area contributed by atoms with E-state index in [2.05, 4.69) is 27.7 Å². The Hall–Kier alpha value is -2.12. The first-order valence-corrected chi connectivity index (χ1v) is 21.4. The summed E-state index contributed by atoms with van der Waals surface area (Å²) in [5.41, 5.74) is -1.63. The number of rotatable bonds is 36. The van der Waals surface area contributed by atoms with Crippen LogP contribution < -0.4 is 0 Å². The van der Waals surface area contributed by atoms with E-state index in [0.717, 1.165) is 77.0 Å². The third-order valence-corrected chi connectivity index (χ3v) is 10.2. The second-order valence-electron chi connectivity index (χ2n) is 14.7. The molecule has 3 unspecified atom stereocenters. The van der Waals surface area contributed by atoms with Crippen molar-refractivity contribution < 1.29 is 38.1 Å². The Balaban J connectivity index is -0.0000125. The van der Waals surface area contributed by atoms with E-state index in [4.69, 9.17) is 18.9 Å². The number of carbonyl (C=O) groups is 4. The van der Waals surface area contributed by atoms with E-state index >= 15 is 0 Å². The Labute approximate surface area is 328 Å². The highest BCUT2D eigenvalue weighted by molar-refractivity contribution is 5.92. The van der Waals surface area contributed by atoms with Gasteiger partial charge in [-0.05, 0) is 32.1 Å². The molecule has 0 saturated heterocycles. The second kappa shape index (κ2) is 38.2. The van der Waals surface area contributed by atoms with Crippen LogP contribution >= 0.6 is 0 Å². The summed E-state index contributed by atoms with van der Waals surface area (Å²) >= 11 is 0. The van der Waals surface area contributed by atoms with Gasteiger partial charge >= 0.3 is 23.9 Å². The molecule has 0 spiro atoms. The minimum Gasteiger partial charge on any atom is -0.466 e. The standard InChI is InChI=1S/C43H80O8.2CH4/c1-7-12-16-19-21-23-25-27-31-35-51-42(47)43(11-5,36-38(44)48-32-30-26-24-22-20-17-13-8-2)39(41(46)50-33-28-15-10-4)37(6)40(45)49-34-29-18-14-9-3;;/h37,39H,7-36H2,1-6H3;2*1H4. The molecule has 0 aliphatic carbocycles. The molecule has 0 radical (unpaired) electrons. The van der Waals surface area contributed by atoms with Crippen molar-refractivity contribution >= 4 is 23.9 Å². The number of unbranched alkanes of at least 4 members (excludes halogenated alkanes) is 20. The Morgan fingerprint density at radius 1 is 0.434 bits per heavy atom. The summed E-state index contributed by atoms with van der Waals surface area (Å²) in [4.78, 5) is 55.1. The number of hydrogen-bond acceptors (Lipinski definition) is 8. The fraction of sp³-hybridized carbons (Fsp3) is 0.911. The lowest BCUT2D eigenvalue weighted by Gasteiger charge is -2.38. The zero-order chi connectivity index (χ0) is 38.0. The molecule has 0 aromatic carbocycles. The quantitative estimate of drug-likeness (QED) is 0.0353. The van der Waals surface area contributed by atoms with Crippen LogP contribution in [0, 0.1) is 17.3 Å². The van der Waals surface area contributed by atoms with Crippen molar-refractivity contribution in [2.75, 3.05) is 26.4 Å². The van der Waals surface area contributed by atoms with Gasteiger partial charge in [0.25, 0.3) is 0 Å². The van der Waals surface area contributed by atoms with Crippen LogP contribution in [0.25, 0.3) is 0 Å². The highest BCUT2D eigenvalue weighted by atomic mass is 16.6. The Bertz CT molecular complexity index is 875. The highest BCUT2D eigenvalue weighted by Crippen LogP contribution is 2.43. The van der Waals surface area contributed by atoms with Crippen molar-refractivity contribution in [3.8, 4) is 0 Å². The predicted molar refractivity (Wildman–Crippen MR) is 221 cm³/mol. The number of ether oxygens (including phenoxy) is 4. The fourth-order valence-corrected chi connectivity index (χ4v) is 6.74. The molecule has 0 saturated carbocycles. The maximum atomic E-state index is 14.2. The van der Waals surface area contributed by atoms with E-state index < -0.39 is 41.1 Å². The van der Waals surface area contributed by atoms with E-state index in [9.17, 15) is 19.2 Å². The first kappa shape index (κ1) is 55.2. The molecule has 3 atom stereocenters. The summed E-state index contributed by atoms with van der Waals surface area (Å²) in [5, 5.41) is 0. The van der Waals surface area contributed by atoms with Gasteiger partial charge in [-0.3, -0.25) is 19.2 Å². The van der Waals surface area contributed by atoms with Crippen molar-refractivity contribution in [3.63, 3.8) is 0 Å². The largest absolute Gasteiger partial charge is 0.466 e. The van der Waals surface area contributed by atoms with Gasteiger partial charge < -0.3 is 18.9 Å². The van der Waals surface area contributed by atoms with E-state index in [-0.39, 0.29) is 54.1 Å². The third-order valence-electron chi connectivity index (χ3n) is 10.2. The molecule has 8 nitrogen and oxygen atoms in total. The maximum Gasteiger partial charge on any atom is 0.313 e. The first-order valence-electron chi connectivity index (χ1n) is 21.4. The fourth-order valence-electron chi connectivity index (χ4n) is 6.74. The summed E-state index contributed by atoms with van der Waals surface area (Å²) in [6, 6.07) is 0. The SMILES string of the molecule is C.C.CCCCCCCCCCCOC(=O)C(CC)(CC(=O)OCCCCCCCCCC)C(C(=O)OCCCCC)C(C)C(=O)OCCCCCC. The van der Waals surface area contributed by atoms with Gasteiger partial charge in [0.05, 0.1) is 50.1 Å². The van der Waals surface area contributed by atoms with Crippen LogP contribution in [0.5, 0.6) is 0 Å². The van der Waals surface area contributed by atoms with Crippen molar-refractivity contribution in [3.05, 3.63) is 0 Å². The smallest absolute Gasteiger partial charge is 0.313 e. The minimum atomic E-state index is -1.63.